The van der Waals surface area contributed by atoms with E-state index in [1.54, 1.807) is 11.6 Å². The van der Waals surface area contributed by atoms with Gasteiger partial charge in [-0.2, -0.15) is 5.10 Å². The van der Waals surface area contributed by atoms with E-state index >= 15 is 0 Å². The lowest BCUT2D eigenvalue weighted by molar-refractivity contribution is 0.0740. The first kappa shape index (κ1) is 28.0. The quantitative estimate of drug-likeness (QED) is 0.458. The molecular weight excluding hydrogens is 525 g/mol. The fourth-order valence-corrected chi connectivity index (χ4v) is 4.97. The average molecular weight is 557 g/mol. The molecule has 0 aliphatic carbocycles. The van der Waals surface area contributed by atoms with Crippen LogP contribution in [0.2, 0.25) is 5.02 Å². The molecule has 1 aliphatic rings. The fourth-order valence-electron chi connectivity index (χ4n) is 4.22. The third-order valence-corrected chi connectivity index (χ3v) is 7.09. The zero-order valence-electron chi connectivity index (χ0n) is 20.6. The van der Waals surface area contributed by atoms with Crippen molar-refractivity contribution in [3.63, 3.8) is 0 Å². The van der Waals surface area contributed by atoms with Crippen LogP contribution in [0.3, 0.4) is 0 Å². The maximum absolute atomic E-state index is 13.4. The molecule has 3 N–H and O–H groups in total. The highest BCUT2D eigenvalue weighted by molar-refractivity contribution is 7.92. The van der Waals surface area contributed by atoms with Crippen LogP contribution in [0.15, 0.2) is 30.5 Å². The van der Waals surface area contributed by atoms with E-state index in [9.17, 15) is 13.2 Å². The number of hydrogen-bond acceptors (Lipinski definition) is 7. The molecule has 10 nitrogen and oxygen atoms in total. The largest absolute Gasteiger partial charge is 0.355 e. The summed E-state index contributed by atoms with van der Waals surface area (Å²) in [7, 11) is -1.94. The van der Waals surface area contributed by atoms with Crippen LogP contribution in [-0.4, -0.2) is 66.3 Å². The van der Waals surface area contributed by atoms with Gasteiger partial charge in [0.15, 0.2) is 5.65 Å². The highest BCUT2D eigenvalue weighted by Gasteiger charge is 2.26. The number of benzene rings is 1. The van der Waals surface area contributed by atoms with E-state index in [2.05, 4.69) is 21.6 Å². The summed E-state index contributed by atoms with van der Waals surface area (Å²) in [5.41, 5.74) is 8.84. The molecule has 196 valence electrons. The van der Waals surface area contributed by atoms with Gasteiger partial charge in [-0.1, -0.05) is 18.5 Å². The van der Waals surface area contributed by atoms with Gasteiger partial charge in [-0.05, 0) is 38.0 Å². The van der Waals surface area contributed by atoms with Crippen molar-refractivity contribution >= 4 is 57.1 Å². The lowest BCUT2D eigenvalue weighted by atomic mass is 10.1. The Morgan fingerprint density at radius 3 is 2.69 bits per heavy atom. The number of carbonyl (C=O) groups is 1. The Morgan fingerprint density at radius 2 is 2.08 bits per heavy atom. The zero-order chi connectivity index (χ0) is 25.5. The number of halogens is 2. The Hall–Kier alpha value is -2.60. The van der Waals surface area contributed by atoms with Crippen molar-refractivity contribution in [1.29, 1.82) is 0 Å². The fraction of sp³-hybridized carbons (Fsp3) is 0.435. The molecular formula is C23H31Cl2N7O3S. The molecule has 2 aromatic heterocycles. The summed E-state index contributed by atoms with van der Waals surface area (Å²) in [6.45, 7) is 5.58. The summed E-state index contributed by atoms with van der Waals surface area (Å²) in [4.78, 5) is 21.9. The van der Waals surface area contributed by atoms with Crippen LogP contribution >= 0.6 is 24.0 Å². The number of hydrogen-bond donors (Lipinski definition) is 2. The van der Waals surface area contributed by atoms with Gasteiger partial charge < -0.3 is 15.5 Å². The van der Waals surface area contributed by atoms with Crippen LogP contribution in [-0.2, 0) is 16.4 Å². The van der Waals surface area contributed by atoms with Gasteiger partial charge >= 0.3 is 0 Å². The van der Waals surface area contributed by atoms with Gasteiger partial charge in [0.25, 0.3) is 5.91 Å². The van der Waals surface area contributed by atoms with Crippen LogP contribution in [0, 0.1) is 0 Å². The number of carbonyl (C=O) groups excluding carboxylic acids is 1. The lowest BCUT2D eigenvalue weighted by Crippen LogP contribution is -2.31. The first-order chi connectivity index (χ1) is 16.5. The van der Waals surface area contributed by atoms with Gasteiger partial charge in [0.1, 0.15) is 5.82 Å². The van der Waals surface area contributed by atoms with E-state index in [1.165, 1.54) is 23.1 Å². The molecule has 13 heteroatoms. The molecule has 1 saturated heterocycles. The van der Waals surface area contributed by atoms with Crippen LogP contribution < -0.4 is 15.4 Å². The van der Waals surface area contributed by atoms with E-state index in [4.69, 9.17) is 22.3 Å². The van der Waals surface area contributed by atoms with Crippen molar-refractivity contribution in [2.45, 2.75) is 38.8 Å². The SMILES string of the molecule is CCc1cn2nc([C@H](C)N(C)C(=O)c3cc(Cl)ccc3NS(C)(=O)=O)cc2nc1N1CC[C@H](N)C1.Cl. The lowest BCUT2D eigenvalue weighted by Gasteiger charge is -2.24. The van der Waals surface area contributed by atoms with Crippen LogP contribution in [0.1, 0.15) is 47.9 Å². The van der Waals surface area contributed by atoms with Crippen LogP contribution in [0.4, 0.5) is 11.5 Å². The first-order valence-electron chi connectivity index (χ1n) is 11.4. The molecule has 2 atom stereocenters. The van der Waals surface area contributed by atoms with Crippen molar-refractivity contribution in [2.24, 2.45) is 5.73 Å². The maximum atomic E-state index is 13.4. The van der Waals surface area contributed by atoms with E-state index in [1.807, 2.05) is 19.2 Å². The number of anilines is 2. The molecule has 0 bridgehead atoms. The van der Waals surface area contributed by atoms with Gasteiger partial charge in [0.2, 0.25) is 10.0 Å². The molecule has 1 aliphatic heterocycles. The number of aromatic nitrogens is 3. The molecule has 0 spiro atoms. The first-order valence-corrected chi connectivity index (χ1v) is 13.7. The number of nitrogens with zero attached hydrogens (tertiary/aromatic N) is 5. The highest BCUT2D eigenvalue weighted by Crippen LogP contribution is 2.28. The van der Waals surface area contributed by atoms with Crippen LogP contribution in [0.5, 0.6) is 0 Å². The highest BCUT2D eigenvalue weighted by atomic mass is 35.5. The van der Waals surface area contributed by atoms with E-state index in [0.29, 0.717) is 16.4 Å². The molecule has 3 heterocycles. The summed E-state index contributed by atoms with van der Waals surface area (Å²) in [6, 6.07) is 6.05. The number of fused-ring (bicyclic) bond motifs is 1. The number of rotatable bonds is 7. The molecule has 4 rings (SSSR count). The standard InChI is InChI=1S/C23H30ClN7O3S.ClH/c1-5-15-12-31-21(26-22(15)30-9-8-17(25)13-30)11-20(27-31)14(2)29(3)23(32)18-10-16(24)6-7-19(18)28-35(4,33)34;/h6-7,10-12,14,17,28H,5,8-9,13,25H2,1-4H3;1H/t14-,17-;/m0./s1. The second-order valence-electron chi connectivity index (χ2n) is 8.97. The molecule has 1 fully saturated rings. The molecule has 36 heavy (non-hydrogen) atoms. The molecule has 1 amide bonds. The smallest absolute Gasteiger partial charge is 0.256 e. The van der Waals surface area contributed by atoms with E-state index < -0.39 is 22.0 Å². The molecule has 0 saturated carbocycles. The van der Waals surface area contributed by atoms with Gasteiger partial charge in [0.05, 0.1) is 29.2 Å². The Kier molecular flexibility index (Phi) is 8.39. The number of aryl methyl sites for hydroxylation is 1. The topological polar surface area (TPSA) is 126 Å². The van der Waals surface area contributed by atoms with Gasteiger partial charge in [-0.25, -0.2) is 17.9 Å². The predicted octanol–water partition coefficient (Wildman–Crippen LogP) is 3.11. The number of sulfonamides is 1. The summed E-state index contributed by atoms with van der Waals surface area (Å²) in [5, 5.41) is 5.01. The maximum Gasteiger partial charge on any atom is 0.256 e. The average Bonchev–Trinajstić information content (AvgIpc) is 3.42. The summed E-state index contributed by atoms with van der Waals surface area (Å²) in [5.74, 6) is 0.532. The van der Waals surface area contributed by atoms with Crippen molar-refractivity contribution in [1.82, 2.24) is 19.5 Å². The number of nitrogens with two attached hydrogens (primary N) is 1. The van der Waals surface area contributed by atoms with Crippen molar-refractivity contribution in [2.75, 3.05) is 36.0 Å². The summed E-state index contributed by atoms with van der Waals surface area (Å²) in [6.07, 6.45) is 4.74. The number of amides is 1. The Labute approximate surface area is 222 Å². The van der Waals surface area contributed by atoms with Crippen molar-refractivity contribution in [3.05, 3.63) is 52.3 Å². The third-order valence-electron chi connectivity index (χ3n) is 6.26. The Bertz CT molecular complexity index is 1380. The predicted molar refractivity (Wildman–Crippen MR) is 145 cm³/mol. The second kappa shape index (κ2) is 10.8. The monoisotopic (exact) mass is 555 g/mol. The van der Waals surface area contributed by atoms with Gasteiger partial charge in [0, 0.05) is 49.0 Å². The molecule has 0 unspecified atom stereocenters. The van der Waals surface area contributed by atoms with Crippen molar-refractivity contribution < 1.29 is 13.2 Å². The Balaban J connectivity index is 0.00000361. The zero-order valence-corrected chi connectivity index (χ0v) is 23.0. The van der Waals surface area contributed by atoms with E-state index in [-0.39, 0.29) is 29.7 Å². The van der Waals surface area contributed by atoms with Crippen LogP contribution in [0.25, 0.3) is 5.65 Å². The van der Waals surface area contributed by atoms with Gasteiger partial charge in [-0.3, -0.25) is 9.52 Å². The minimum atomic E-state index is -3.58. The molecule has 3 aromatic rings. The van der Waals surface area contributed by atoms with E-state index in [0.717, 1.165) is 43.6 Å². The minimum Gasteiger partial charge on any atom is -0.355 e. The second-order valence-corrected chi connectivity index (χ2v) is 11.2. The summed E-state index contributed by atoms with van der Waals surface area (Å²) >= 11 is 6.11. The molecule has 0 radical (unpaired) electrons. The van der Waals surface area contributed by atoms with Crippen molar-refractivity contribution in [3.8, 4) is 0 Å². The Morgan fingerprint density at radius 1 is 1.36 bits per heavy atom. The number of nitrogens with one attached hydrogen (secondary N) is 1. The van der Waals surface area contributed by atoms with Gasteiger partial charge in [-0.15, -0.1) is 12.4 Å². The summed E-state index contributed by atoms with van der Waals surface area (Å²) < 4.78 is 27.7. The normalized spacial score (nSPS) is 16.6. The third kappa shape index (κ3) is 5.86. The molecule has 1 aromatic carbocycles. The minimum absolute atomic E-state index is 0.